The number of hydrogen-bond acceptors (Lipinski definition) is 3. The second-order valence-corrected chi connectivity index (χ2v) is 6.89. The molecule has 1 N–H and O–H groups in total. The van der Waals surface area contributed by atoms with Gasteiger partial charge in [-0.1, -0.05) is 24.3 Å². The highest BCUT2D eigenvalue weighted by molar-refractivity contribution is 6.00. The molecule has 4 nitrogen and oxygen atoms in total. The molecule has 3 rings (SSSR count). The molecule has 0 radical (unpaired) electrons. The molecule has 0 aliphatic carbocycles. The van der Waals surface area contributed by atoms with Crippen LogP contribution in [0.3, 0.4) is 0 Å². The van der Waals surface area contributed by atoms with E-state index in [4.69, 9.17) is 4.74 Å². The largest absolute Gasteiger partial charge is 0.372 e. The number of nitrogens with zero attached hydrogens (tertiary/aromatic N) is 1. The number of nitrogens with one attached hydrogen (secondary N) is 1. The second kappa shape index (κ2) is 7.28. The third-order valence-electron chi connectivity index (χ3n) is 4.74. The summed E-state index contributed by atoms with van der Waals surface area (Å²) >= 11 is 0. The number of benzene rings is 2. The SMILES string of the molecule is Cc1cccc(Nc2ccccc2C(=O)N2C[C@@H](C)O[C@@H](C)C2)c1C. The lowest BCUT2D eigenvalue weighted by Crippen LogP contribution is -2.48. The molecule has 0 bridgehead atoms. The third kappa shape index (κ3) is 3.85. The first-order valence-corrected chi connectivity index (χ1v) is 8.82. The van der Waals surface area contributed by atoms with Gasteiger partial charge in [-0.2, -0.15) is 0 Å². The van der Waals surface area contributed by atoms with E-state index in [1.165, 1.54) is 11.1 Å². The van der Waals surface area contributed by atoms with Crippen LogP contribution in [0.15, 0.2) is 42.5 Å². The maximum absolute atomic E-state index is 13.1. The van der Waals surface area contributed by atoms with Crippen molar-refractivity contribution in [2.24, 2.45) is 0 Å². The molecule has 2 aromatic carbocycles. The van der Waals surface area contributed by atoms with Crippen LogP contribution in [0.5, 0.6) is 0 Å². The van der Waals surface area contributed by atoms with Gasteiger partial charge in [0.15, 0.2) is 0 Å². The number of ether oxygens (including phenoxy) is 1. The van der Waals surface area contributed by atoms with Crippen molar-refractivity contribution in [3.8, 4) is 0 Å². The van der Waals surface area contributed by atoms with Gasteiger partial charge in [0, 0.05) is 18.8 Å². The van der Waals surface area contributed by atoms with Gasteiger partial charge in [-0.3, -0.25) is 4.79 Å². The molecule has 1 aliphatic heterocycles. The van der Waals surface area contributed by atoms with Gasteiger partial charge in [-0.15, -0.1) is 0 Å². The van der Waals surface area contributed by atoms with Gasteiger partial charge in [0.1, 0.15) is 0 Å². The highest BCUT2D eigenvalue weighted by Crippen LogP contribution is 2.26. The molecule has 0 saturated carbocycles. The number of anilines is 2. The molecule has 4 heteroatoms. The number of carbonyl (C=O) groups excluding carboxylic acids is 1. The normalized spacial score (nSPS) is 20.4. The number of morpholine rings is 1. The Morgan fingerprint density at radius 1 is 1.00 bits per heavy atom. The first kappa shape index (κ1) is 17.5. The van der Waals surface area contributed by atoms with E-state index >= 15 is 0 Å². The van der Waals surface area contributed by atoms with Crippen LogP contribution >= 0.6 is 0 Å². The van der Waals surface area contributed by atoms with Gasteiger partial charge in [0.25, 0.3) is 5.91 Å². The quantitative estimate of drug-likeness (QED) is 0.907. The van der Waals surface area contributed by atoms with Gasteiger partial charge in [0.05, 0.1) is 23.5 Å². The smallest absolute Gasteiger partial charge is 0.256 e. The minimum Gasteiger partial charge on any atom is -0.372 e. The lowest BCUT2D eigenvalue weighted by molar-refractivity contribution is -0.0585. The Hall–Kier alpha value is -2.33. The van der Waals surface area contributed by atoms with Crippen molar-refractivity contribution in [3.63, 3.8) is 0 Å². The van der Waals surface area contributed by atoms with Crippen molar-refractivity contribution in [3.05, 3.63) is 59.2 Å². The van der Waals surface area contributed by atoms with Crippen LogP contribution in [-0.2, 0) is 4.74 Å². The number of para-hydroxylation sites is 1. The monoisotopic (exact) mass is 338 g/mol. The minimum absolute atomic E-state index is 0.0513. The lowest BCUT2D eigenvalue weighted by atomic mass is 10.1. The van der Waals surface area contributed by atoms with Crippen molar-refractivity contribution in [2.75, 3.05) is 18.4 Å². The van der Waals surface area contributed by atoms with Crippen molar-refractivity contribution in [2.45, 2.75) is 39.9 Å². The Morgan fingerprint density at radius 2 is 1.64 bits per heavy atom. The summed E-state index contributed by atoms with van der Waals surface area (Å²) in [5, 5.41) is 3.45. The maximum Gasteiger partial charge on any atom is 0.256 e. The van der Waals surface area contributed by atoms with Crippen molar-refractivity contribution < 1.29 is 9.53 Å². The van der Waals surface area contributed by atoms with Crippen LogP contribution in [0.1, 0.15) is 35.3 Å². The summed E-state index contributed by atoms with van der Waals surface area (Å²) in [6.45, 7) is 9.45. The molecule has 132 valence electrons. The molecule has 0 spiro atoms. The molecule has 0 unspecified atom stereocenters. The summed E-state index contributed by atoms with van der Waals surface area (Å²) < 4.78 is 5.75. The first-order valence-electron chi connectivity index (χ1n) is 8.82. The Kier molecular flexibility index (Phi) is 5.09. The zero-order valence-electron chi connectivity index (χ0n) is 15.4. The fraction of sp³-hybridized carbons (Fsp3) is 0.381. The number of rotatable bonds is 3. The first-order chi connectivity index (χ1) is 12.0. The van der Waals surface area contributed by atoms with Crippen LogP contribution in [0.4, 0.5) is 11.4 Å². The van der Waals surface area contributed by atoms with Crippen LogP contribution in [-0.4, -0.2) is 36.1 Å². The molecule has 1 fully saturated rings. The van der Waals surface area contributed by atoms with Crippen LogP contribution in [0.2, 0.25) is 0 Å². The Morgan fingerprint density at radius 3 is 2.36 bits per heavy atom. The molecule has 1 saturated heterocycles. The average molecular weight is 338 g/mol. The van der Waals surface area contributed by atoms with Gasteiger partial charge in [-0.25, -0.2) is 0 Å². The predicted molar refractivity (Wildman–Crippen MR) is 102 cm³/mol. The van der Waals surface area contributed by atoms with E-state index in [0.29, 0.717) is 18.7 Å². The van der Waals surface area contributed by atoms with E-state index in [2.05, 4.69) is 25.2 Å². The van der Waals surface area contributed by atoms with E-state index in [1.807, 2.05) is 55.1 Å². The lowest BCUT2D eigenvalue weighted by Gasteiger charge is -2.35. The van der Waals surface area contributed by atoms with Crippen molar-refractivity contribution in [1.82, 2.24) is 4.90 Å². The summed E-state index contributed by atoms with van der Waals surface area (Å²) in [6.07, 6.45) is 0.124. The van der Waals surface area contributed by atoms with E-state index in [9.17, 15) is 4.79 Å². The molecular weight excluding hydrogens is 312 g/mol. The molecular formula is C21H26N2O2. The molecule has 0 aromatic heterocycles. The molecule has 1 amide bonds. The van der Waals surface area contributed by atoms with Crippen molar-refractivity contribution >= 4 is 17.3 Å². The van der Waals surface area contributed by atoms with E-state index in [0.717, 1.165) is 11.4 Å². The molecule has 2 atom stereocenters. The molecule has 1 aliphatic rings. The Balaban J connectivity index is 1.88. The summed E-state index contributed by atoms with van der Waals surface area (Å²) in [5.74, 6) is 0.0513. The highest BCUT2D eigenvalue weighted by Gasteiger charge is 2.27. The van der Waals surface area contributed by atoms with E-state index in [1.54, 1.807) is 0 Å². The molecule has 1 heterocycles. The number of aryl methyl sites for hydroxylation is 1. The fourth-order valence-corrected chi connectivity index (χ4v) is 3.32. The van der Waals surface area contributed by atoms with Crippen LogP contribution in [0.25, 0.3) is 0 Å². The van der Waals surface area contributed by atoms with Gasteiger partial charge >= 0.3 is 0 Å². The fourth-order valence-electron chi connectivity index (χ4n) is 3.32. The summed E-state index contributed by atoms with van der Waals surface area (Å²) in [7, 11) is 0. The third-order valence-corrected chi connectivity index (χ3v) is 4.74. The number of hydrogen-bond donors (Lipinski definition) is 1. The number of carbonyl (C=O) groups is 1. The molecule has 25 heavy (non-hydrogen) atoms. The maximum atomic E-state index is 13.1. The second-order valence-electron chi connectivity index (χ2n) is 6.89. The predicted octanol–water partition coefficient (Wildman–Crippen LogP) is 4.30. The van der Waals surface area contributed by atoms with Crippen molar-refractivity contribution in [1.29, 1.82) is 0 Å². The molecule has 2 aromatic rings. The summed E-state index contributed by atoms with van der Waals surface area (Å²) in [5.41, 5.74) is 4.99. The van der Waals surface area contributed by atoms with E-state index < -0.39 is 0 Å². The average Bonchev–Trinajstić information content (AvgIpc) is 2.58. The topological polar surface area (TPSA) is 41.6 Å². The minimum atomic E-state index is 0.0513. The zero-order chi connectivity index (χ0) is 18.0. The Bertz CT molecular complexity index is 762. The standard InChI is InChI=1S/C21H26N2O2/c1-14-8-7-11-19(17(14)4)22-20-10-6-5-9-18(20)21(24)23-12-15(2)25-16(3)13-23/h5-11,15-16,22H,12-13H2,1-4H3/t15-,16+. The van der Waals surface area contributed by atoms with Crippen LogP contribution < -0.4 is 5.32 Å². The van der Waals surface area contributed by atoms with Gasteiger partial charge in [-0.05, 0) is 57.0 Å². The Labute approximate surface area is 149 Å². The summed E-state index contributed by atoms with van der Waals surface area (Å²) in [4.78, 5) is 15.0. The highest BCUT2D eigenvalue weighted by atomic mass is 16.5. The number of amides is 1. The van der Waals surface area contributed by atoms with Crippen LogP contribution in [0, 0.1) is 13.8 Å². The summed E-state index contributed by atoms with van der Waals surface area (Å²) in [6, 6.07) is 13.9. The van der Waals surface area contributed by atoms with Gasteiger partial charge in [0.2, 0.25) is 0 Å². The van der Waals surface area contributed by atoms with Gasteiger partial charge < -0.3 is 15.0 Å². The zero-order valence-corrected chi connectivity index (χ0v) is 15.4. The van der Waals surface area contributed by atoms with E-state index in [-0.39, 0.29) is 18.1 Å².